The van der Waals surface area contributed by atoms with Crippen LogP contribution in [0, 0.1) is 19.8 Å². The van der Waals surface area contributed by atoms with E-state index in [1.54, 1.807) is 19.1 Å². The van der Waals surface area contributed by atoms with E-state index in [9.17, 15) is 9.59 Å². The zero-order valence-electron chi connectivity index (χ0n) is 18.7. The summed E-state index contributed by atoms with van der Waals surface area (Å²) in [6.45, 7) is 10.4. The van der Waals surface area contributed by atoms with Crippen LogP contribution < -0.4 is 10.1 Å². The number of ether oxygens (including phenoxy) is 1. The molecule has 0 bridgehead atoms. The highest BCUT2D eigenvalue weighted by Crippen LogP contribution is 2.26. The molecule has 2 amide bonds. The van der Waals surface area contributed by atoms with Crippen molar-refractivity contribution in [2.24, 2.45) is 5.92 Å². The molecule has 0 saturated carbocycles. The minimum Gasteiger partial charge on any atom is -0.484 e. The summed E-state index contributed by atoms with van der Waals surface area (Å²) in [5, 5.41) is 3.53. The maximum atomic E-state index is 13.1. The second kappa shape index (κ2) is 11.5. The molecule has 168 valence electrons. The van der Waals surface area contributed by atoms with Gasteiger partial charge in [0.05, 0.1) is 0 Å². The lowest BCUT2D eigenvalue weighted by Gasteiger charge is -2.29. The minimum atomic E-state index is -0.640. The molecule has 7 heteroatoms. The molecule has 2 aromatic carbocycles. The maximum absolute atomic E-state index is 13.1. The Bertz CT molecular complexity index is 893. The average molecular weight is 510 g/mol. The number of benzene rings is 2. The van der Waals surface area contributed by atoms with Crippen molar-refractivity contribution in [3.8, 4) is 5.75 Å². The van der Waals surface area contributed by atoms with E-state index in [2.05, 4.69) is 21.2 Å². The Balaban J connectivity index is 2.16. The summed E-state index contributed by atoms with van der Waals surface area (Å²) in [6, 6.07) is 10.4. The third-order valence-electron chi connectivity index (χ3n) is 4.89. The van der Waals surface area contributed by atoms with Gasteiger partial charge in [-0.25, -0.2) is 0 Å². The fourth-order valence-electron chi connectivity index (χ4n) is 3.04. The van der Waals surface area contributed by atoms with Crippen LogP contribution in [0.15, 0.2) is 40.9 Å². The zero-order valence-corrected chi connectivity index (χ0v) is 21.0. The quantitative estimate of drug-likeness (QED) is 0.500. The number of amides is 2. The van der Waals surface area contributed by atoms with E-state index >= 15 is 0 Å². The van der Waals surface area contributed by atoms with Gasteiger partial charge >= 0.3 is 0 Å². The molecule has 0 fully saturated rings. The molecule has 0 aliphatic rings. The fraction of sp³-hybridized carbons (Fsp3) is 0.417. The highest BCUT2D eigenvalue weighted by atomic mass is 79.9. The predicted molar refractivity (Wildman–Crippen MR) is 128 cm³/mol. The van der Waals surface area contributed by atoms with Gasteiger partial charge in [0, 0.05) is 22.6 Å². The van der Waals surface area contributed by atoms with Crippen LogP contribution in [-0.2, 0) is 16.1 Å². The number of carbonyl (C=O) groups is 2. The van der Waals surface area contributed by atoms with Crippen LogP contribution in [0.25, 0.3) is 0 Å². The maximum Gasteiger partial charge on any atom is 0.261 e. The molecule has 0 radical (unpaired) electrons. The molecule has 0 saturated heterocycles. The Hall–Kier alpha value is -2.05. The molecule has 1 N–H and O–H groups in total. The summed E-state index contributed by atoms with van der Waals surface area (Å²) in [7, 11) is 0. The van der Waals surface area contributed by atoms with Crippen LogP contribution in [-0.4, -0.2) is 35.9 Å². The van der Waals surface area contributed by atoms with Crippen molar-refractivity contribution in [2.75, 3.05) is 13.2 Å². The lowest BCUT2D eigenvalue weighted by molar-refractivity contribution is -0.142. The van der Waals surface area contributed by atoms with E-state index in [-0.39, 0.29) is 25.0 Å². The number of hydrogen-bond acceptors (Lipinski definition) is 3. The summed E-state index contributed by atoms with van der Waals surface area (Å²) in [5.41, 5.74) is 2.94. The molecule has 31 heavy (non-hydrogen) atoms. The molecule has 0 spiro atoms. The second-order valence-corrected chi connectivity index (χ2v) is 9.35. The van der Waals surface area contributed by atoms with E-state index in [0.29, 0.717) is 23.2 Å². The van der Waals surface area contributed by atoms with Crippen molar-refractivity contribution < 1.29 is 14.3 Å². The Morgan fingerprint density at radius 3 is 2.23 bits per heavy atom. The Morgan fingerprint density at radius 1 is 1.10 bits per heavy atom. The van der Waals surface area contributed by atoms with E-state index in [4.69, 9.17) is 16.3 Å². The third-order valence-corrected chi connectivity index (χ3v) is 6.39. The van der Waals surface area contributed by atoms with Gasteiger partial charge in [-0.15, -0.1) is 0 Å². The predicted octanol–water partition coefficient (Wildman–Crippen LogP) is 5.29. The highest BCUT2D eigenvalue weighted by molar-refractivity contribution is 9.10. The molecule has 0 heterocycles. The van der Waals surface area contributed by atoms with Crippen molar-refractivity contribution in [1.82, 2.24) is 10.2 Å². The average Bonchev–Trinajstić information content (AvgIpc) is 2.73. The SMILES string of the molecule is Cc1cc(OCC(=O)N(Cc2ccc(Cl)cc2)[C@H](C)C(=O)NCC(C)C)cc(C)c1Br. The number of carbonyl (C=O) groups excluding carboxylic acids is 2. The van der Waals surface area contributed by atoms with E-state index < -0.39 is 6.04 Å². The van der Waals surface area contributed by atoms with Crippen molar-refractivity contribution >= 4 is 39.3 Å². The normalized spacial score (nSPS) is 11.9. The largest absolute Gasteiger partial charge is 0.484 e. The molecular weight excluding hydrogens is 480 g/mol. The Kier molecular flexibility index (Phi) is 9.38. The Labute approximate surface area is 198 Å². The molecule has 0 aromatic heterocycles. The van der Waals surface area contributed by atoms with Gasteiger partial charge < -0.3 is 15.0 Å². The first-order valence-corrected chi connectivity index (χ1v) is 11.5. The van der Waals surface area contributed by atoms with Gasteiger partial charge in [-0.05, 0) is 67.6 Å². The molecule has 0 aliphatic carbocycles. The summed E-state index contributed by atoms with van der Waals surface area (Å²) >= 11 is 9.51. The van der Waals surface area contributed by atoms with Crippen LogP contribution in [0.4, 0.5) is 0 Å². The van der Waals surface area contributed by atoms with Gasteiger partial charge in [-0.1, -0.05) is 53.5 Å². The van der Waals surface area contributed by atoms with Gasteiger partial charge in [0.2, 0.25) is 5.91 Å². The Morgan fingerprint density at radius 2 is 1.68 bits per heavy atom. The molecule has 0 aliphatic heterocycles. The third kappa shape index (κ3) is 7.54. The van der Waals surface area contributed by atoms with E-state index in [1.807, 2.05) is 52.0 Å². The molecular formula is C24H30BrClN2O3. The fourth-order valence-corrected chi connectivity index (χ4v) is 3.39. The van der Waals surface area contributed by atoms with Crippen LogP contribution >= 0.6 is 27.5 Å². The van der Waals surface area contributed by atoms with Crippen molar-refractivity contribution in [3.63, 3.8) is 0 Å². The molecule has 2 aromatic rings. The first kappa shape index (κ1) is 25.2. The summed E-state index contributed by atoms with van der Waals surface area (Å²) in [6.07, 6.45) is 0. The molecule has 2 rings (SSSR count). The number of hydrogen-bond donors (Lipinski definition) is 1. The van der Waals surface area contributed by atoms with Crippen LogP contribution in [0.2, 0.25) is 5.02 Å². The first-order valence-electron chi connectivity index (χ1n) is 10.3. The monoisotopic (exact) mass is 508 g/mol. The zero-order chi connectivity index (χ0) is 23.1. The standard InChI is InChI=1S/C24H30BrClN2O3/c1-15(2)12-27-24(30)18(5)28(13-19-6-8-20(26)9-7-19)22(29)14-31-21-10-16(3)23(25)17(4)11-21/h6-11,15,18H,12-14H2,1-5H3,(H,27,30)/t18-/m1/s1. The van der Waals surface area contributed by atoms with Gasteiger partial charge in [-0.2, -0.15) is 0 Å². The van der Waals surface area contributed by atoms with Gasteiger partial charge in [-0.3, -0.25) is 9.59 Å². The van der Waals surface area contributed by atoms with Gasteiger partial charge in [0.1, 0.15) is 11.8 Å². The molecule has 5 nitrogen and oxygen atoms in total. The van der Waals surface area contributed by atoms with Gasteiger partial charge in [0.15, 0.2) is 6.61 Å². The summed E-state index contributed by atoms with van der Waals surface area (Å²) in [5.74, 6) is 0.491. The number of halogens is 2. The number of rotatable bonds is 9. The first-order chi connectivity index (χ1) is 14.6. The lowest BCUT2D eigenvalue weighted by Crippen LogP contribution is -2.49. The molecule has 0 unspecified atom stereocenters. The lowest BCUT2D eigenvalue weighted by atomic mass is 10.1. The smallest absolute Gasteiger partial charge is 0.261 e. The number of nitrogens with one attached hydrogen (secondary N) is 1. The van der Waals surface area contributed by atoms with Crippen LogP contribution in [0.3, 0.4) is 0 Å². The number of aryl methyl sites for hydroxylation is 2. The number of nitrogens with zero attached hydrogens (tertiary/aromatic N) is 1. The van der Waals surface area contributed by atoms with Crippen molar-refractivity contribution in [2.45, 2.75) is 47.2 Å². The van der Waals surface area contributed by atoms with E-state index in [1.165, 1.54) is 4.90 Å². The van der Waals surface area contributed by atoms with Crippen molar-refractivity contribution in [3.05, 3.63) is 62.6 Å². The van der Waals surface area contributed by atoms with Crippen LogP contribution in [0.5, 0.6) is 5.75 Å². The topological polar surface area (TPSA) is 58.6 Å². The van der Waals surface area contributed by atoms with E-state index in [0.717, 1.165) is 21.2 Å². The summed E-state index contributed by atoms with van der Waals surface area (Å²) in [4.78, 5) is 27.3. The summed E-state index contributed by atoms with van der Waals surface area (Å²) < 4.78 is 6.80. The minimum absolute atomic E-state index is 0.157. The van der Waals surface area contributed by atoms with Crippen LogP contribution in [0.1, 0.15) is 37.5 Å². The van der Waals surface area contributed by atoms with Crippen molar-refractivity contribution in [1.29, 1.82) is 0 Å². The van der Waals surface area contributed by atoms with Gasteiger partial charge in [0.25, 0.3) is 5.91 Å². The highest BCUT2D eigenvalue weighted by Gasteiger charge is 2.26. The molecule has 1 atom stereocenters. The second-order valence-electron chi connectivity index (χ2n) is 8.12.